The van der Waals surface area contributed by atoms with Crippen LogP contribution in [0, 0.1) is 0 Å². The fourth-order valence-corrected chi connectivity index (χ4v) is 1.13. The van der Waals surface area contributed by atoms with E-state index in [9.17, 15) is 0 Å². The first-order valence-electron chi connectivity index (χ1n) is 4.42. The van der Waals surface area contributed by atoms with Gasteiger partial charge in [0.05, 0.1) is 12.5 Å². The summed E-state index contributed by atoms with van der Waals surface area (Å²) in [5.74, 6) is 0.727. The number of rotatable bonds is 5. The summed E-state index contributed by atoms with van der Waals surface area (Å²) in [6.45, 7) is 1.62. The Hall–Kier alpha value is -1.62. The highest BCUT2D eigenvalue weighted by Gasteiger charge is 1.98. The third kappa shape index (κ3) is 2.43. The van der Waals surface area contributed by atoms with Gasteiger partial charge in [-0.25, -0.2) is 0 Å². The molecule has 2 heterocycles. The van der Waals surface area contributed by atoms with Crippen LogP contribution in [0.3, 0.4) is 0 Å². The van der Waals surface area contributed by atoms with Crippen LogP contribution in [0.5, 0.6) is 0 Å². The first-order chi connectivity index (χ1) is 6.95. The van der Waals surface area contributed by atoms with Crippen molar-refractivity contribution < 1.29 is 8.94 Å². The Labute approximate surface area is 81.1 Å². The molecule has 2 rings (SSSR count). The fourth-order valence-electron chi connectivity index (χ4n) is 1.13. The molecule has 2 aromatic heterocycles. The van der Waals surface area contributed by atoms with Gasteiger partial charge in [-0.15, -0.1) is 0 Å². The molecule has 2 aromatic rings. The molecule has 1 N–H and O–H groups in total. The van der Waals surface area contributed by atoms with Crippen LogP contribution in [-0.2, 0) is 13.0 Å². The van der Waals surface area contributed by atoms with E-state index in [1.165, 1.54) is 6.39 Å². The number of nitrogens with zero attached hydrogens (tertiary/aromatic N) is 2. The second kappa shape index (κ2) is 4.57. The van der Waals surface area contributed by atoms with Gasteiger partial charge in [0.15, 0.2) is 5.82 Å². The summed E-state index contributed by atoms with van der Waals surface area (Å²) in [5.41, 5.74) is 1.14. The highest BCUT2D eigenvalue weighted by molar-refractivity contribution is 5.04. The van der Waals surface area contributed by atoms with E-state index >= 15 is 0 Å². The zero-order valence-electron chi connectivity index (χ0n) is 7.64. The summed E-state index contributed by atoms with van der Waals surface area (Å²) in [6.07, 6.45) is 5.50. The van der Waals surface area contributed by atoms with Gasteiger partial charge in [0.25, 0.3) is 0 Å². The molecule has 0 atom stereocenters. The van der Waals surface area contributed by atoms with Crippen molar-refractivity contribution in [1.82, 2.24) is 15.5 Å². The number of nitrogens with one attached hydrogen (secondary N) is 1. The van der Waals surface area contributed by atoms with Gasteiger partial charge >= 0.3 is 0 Å². The van der Waals surface area contributed by atoms with Gasteiger partial charge in [0.2, 0.25) is 6.39 Å². The maximum atomic E-state index is 4.94. The van der Waals surface area contributed by atoms with Crippen molar-refractivity contribution in [3.05, 3.63) is 36.4 Å². The van der Waals surface area contributed by atoms with Crippen LogP contribution in [0.2, 0.25) is 0 Å². The quantitative estimate of drug-likeness (QED) is 0.717. The minimum atomic E-state index is 0.727. The summed E-state index contributed by atoms with van der Waals surface area (Å²) >= 11 is 0. The van der Waals surface area contributed by atoms with Gasteiger partial charge in [-0.2, -0.15) is 4.98 Å². The molecule has 0 saturated heterocycles. The Morgan fingerprint density at radius 3 is 3.14 bits per heavy atom. The van der Waals surface area contributed by atoms with E-state index in [2.05, 4.69) is 20.0 Å². The predicted molar refractivity (Wildman–Crippen MR) is 48.4 cm³/mol. The first kappa shape index (κ1) is 8.96. The van der Waals surface area contributed by atoms with Crippen LogP contribution >= 0.6 is 0 Å². The topological polar surface area (TPSA) is 64.1 Å². The van der Waals surface area contributed by atoms with Crippen LogP contribution in [0.15, 0.2) is 33.9 Å². The highest BCUT2D eigenvalue weighted by Crippen LogP contribution is 1.98. The van der Waals surface area contributed by atoms with Crippen molar-refractivity contribution in [1.29, 1.82) is 0 Å². The van der Waals surface area contributed by atoms with Crippen LogP contribution < -0.4 is 5.32 Å². The minimum absolute atomic E-state index is 0.727. The summed E-state index contributed by atoms with van der Waals surface area (Å²) in [7, 11) is 0. The van der Waals surface area contributed by atoms with E-state index in [1.807, 2.05) is 6.07 Å². The minimum Gasteiger partial charge on any atom is -0.472 e. The molecule has 74 valence electrons. The molecule has 0 aliphatic heterocycles. The number of hydrogen-bond acceptors (Lipinski definition) is 5. The van der Waals surface area contributed by atoms with Gasteiger partial charge in [-0.05, 0) is 6.07 Å². The predicted octanol–water partition coefficient (Wildman–Crippen LogP) is 0.995. The Bertz CT molecular complexity index is 306. The van der Waals surface area contributed by atoms with Gasteiger partial charge in [0.1, 0.15) is 0 Å². The molecule has 0 aromatic carbocycles. The molecule has 0 fully saturated rings. The van der Waals surface area contributed by atoms with Crippen molar-refractivity contribution in [3.8, 4) is 0 Å². The van der Waals surface area contributed by atoms with Gasteiger partial charge in [-0.3, -0.25) is 0 Å². The lowest BCUT2D eigenvalue weighted by molar-refractivity contribution is 0.409. The maximum Gasteiger partial charge on any atom is 0.213 e. The molecule has 0 aliphatic carbocycles. The van der Waals surface area contributed by atoms with Crippen LogP contribution in [0.4, 0.5) is 0 Å². The largest absolute Gasteiger partial charge is 0.472 e. The number of hydrogen-bond donors (Lipinski definition) is 1. The van der Waals surface area contributed by atoms with Crippen LogP contribution in [0.1, 0.15) is 11.4 Å². The summed E-state index contributed by atoms with van der Waals surface area (Å²) < 4.78 is 9.55. The van der Waals surface area contributed by atoms with Gasteiger partial charge in [0, 0.05) is 25.1 Å². The first-order valence-corrected chi connectivity index (χ1v) is 4.42. The molecule has 5 heteroatoms. The lowest BCUT2D eigenvalue weighted by Crippen LogP contribution is -2.16. The zero-order valence-corrected chi connectivity index (χ0v) is 7.64. The maximum absolute atomic E-state index is 4.94. The molecule has 0 unspecified atom stereocenters. The lowest BCUT2D eigenvalue weighted by Gasteiger charge is -1.98. The van der Waals surface area contributed by atoms with Gasteiger partial charge in [-0.1, -0.05) is 5.16 Å². The average molecular weight is 193 g/mol. The van der Waals surface area contributed by atoms with Crippen molar-refractivity contribution in [2.75, 3.05) is 6.54 Å². The standard InChI is InChI=1S/C9H11N3O2/c1(9-11-7-14-12-9)3-10-5-8-2-4-13-6-8/h2,4,6-7,10H,1,3,5H2. The zero-order chi connectivity index (χ0) is 9.64. The number of aromatic nitrogens is 2. The molecule has 14 heavy (non-hydrogen) atoms. The van der Waals surface area contributed by atoms with E-state index < -0.39 is 0 Å². The molecule has 5 nitrogen and oxygen atoms in total. The van der Waals surface area contributed by atoms with Crippen LogP contribution in [-0.4, -0.2) is 16.7 Å². The molecule has 0 bridgehead atoms. The van der Waals surface area contributed by atoms with E-state index in [1.54, 1.807) is 12.5 Å². The SMILES string of the molecule is c1cc(CNCCc2ncon2)co1. The van der Waals surface area contributed by atoms with E-state index in [0.717, 1.165) is 30.9 Å². The summed E-state index contributed by atoms with van der Waals surface area (Å²) in [5, 5.41) is 6.95. The molecule has 0 saturated carbocycles. The van der Waals surface area contributed by atoms with E-state index in [0.29, 0.717) is 0 Å². The molecule has 0 radical (unpaired) electrons. The molecule has 0 spiro atoms. The van der Waals surface area contributed by atoms with E-state index in [4.69, 9.17) is 4.42 Å². The van der Waals surface area contributed by atoms with E-state index in [-0.39, 0.29) is 0 Å². The monoisotopic (exact) mass is 193 g/mol. The Morgan fingerprint density at radius 2 is 2.43 bits per heavy atom. The summed E-state index contributed by atoms with van der Waals surface area (Å²) in [6, 6.07) is 1.93. The molecule has 0 aliphatic rings. The normalized spacial score (nSPS) is 10.6. The molecule has 0 amide bonds. The van der Waals surface area contributed by atoms with Gasteiger partial charge < -0.3 is 14.3 Å². The second-order valence-corrected chi connectivity index (χ2v) is 2.91. The molecular weight excluding hydrogens is 182 g/mol. The Morgan fingerprint density at radius 1 is 1.43 bits per heavy atom. The van der Waals surface area contributed by atoms with Crippen molar-refractivity contribution in [2.24, 2.45) is 0 Å². The highest BCUT2D eigenvalue weighted by atomic mass is 16.5. The third-order valence-corrected chi connectivity index (χ3v) is 1.84. The lowest BCUT2D eigenvalue weighted by atomic mass is 10.3. The van der Waals surface area contributed by atoms with Crippen molar-refractivity contribution >= 4 is 0 Å². The second-order valence-electron chi connectivity index (χ2n) is 2.91. The number of furan rings is 1. The molecular formula is C9H11N3O2. The third-order valence-electron chi connectivity index (χ3n) is 1.84. The Balaban J connectivity index is 1.65. The smallest absolute Gasteiger partial charge is 0.213 e. The average Bonchev–Trinajstić information content (AvgIpc) is 2.86. The fraction of sp³-hybridized carbons (Fsp3) is 0.333. The van der Waals surface area contributed by atoms with Crippen molar-refractivity contribution in [3.63, 3.8) is 0 Å². The van der Waals surface area contributed by atoms with Crippen LogP contribution in [0.25, 0.3) is 0 Å². The summed E-state index contributed by atoms with van der Waals surface area (Å²) in [4.78, 5) is 3.91. The Kier molecular flexibility index (Phi) is 2.92. The van der Waals surface area contributed by atoms with Crippen molar-refractivity contribution in [2.45, 2.75) is 13.0 Å².